The van der Waals surface area contributed by atoms with Crippen LogP contribution < -0.4 is 30.2 Å². The first-order chi connectivity index (χ1) is 25.2. The number of fused-ring (bicyclic) bond motifs is 13. The maximum atomic E-state index is 12.1. The molecule has 0 unspecified atom stereocenters. The molecule has 0 bridgehead atoms. The molecule has 0 aliphatic heterocycles. The Morgan fingerprint density at radius 2 is 0.833 bits per heavy atom. The number of aromatic amines is 1. The topological polar surface area (TPSA) is 123 Å². The van der Waals surface area contributed by atoms with Crippen molar-refractivity contribution in [3.05, 3.63) is 163 Å². The van der Waals surface area contributed by atoms with E-state index in [9.17, 15) is 4.79 Å². The van der Waals surface area contributed by atoms with Gasteiger partial charge < -0.3 is 29.8 Å². The van der Waals surface area contributed by atoms with Gasteiger partial charge >= 0.3 is 19.5 Å². The van der Waals surface area contributed by atoms with Crippen molar-refractivity contribution >= 4 is 87.5 Å². The molecular formula is C42H26Cl2N8ORu. The predicted octanol–water partition coefficient (Wildman–Crippen LogP) is 2.74. The van der Waals surface area contributed by atoms with E-state index < -0.39 is 0 Å². The van der Waals surface area contributed by atoms with Crippen LogP contribution in [0.2, 0.25) is 0 Å². The van der Waals surface area contributed by atoms with Gasteiger partial charge in [0.05, 0.1) is 49.7 Å². The number of hydrogen-bond acceptors (Lipinski definition) is 8. The first-order valence-corrected chi connectivity index (χ1v) is 16.3. The van der Waals surface area contributed by atoms with Gasteiger partial charge in [-0.2, -0.15) is 0 Å². The molecule has 0 aliphatic carbocycles. The van der Waals surface area contributed by atoms with Gasteiger partial charge in [0.25, 0.3) is 0 Å². The van der Waals surface area contributed by atoms with Crippen LogP contribution in [0.5, 0.6) is 0 Å². The molecule has 1 N–H and O–H groups in total. The Labute approximate surface area is 332 Å². The van der Waals surface area contributed by atoms with Crippen LogP contribution in [0.4, 0.5) is 0 Å². The van der Waals surface area contributed by atoms with E-state index in [1.165, 1.54) is 6.07 Å². The fourth-order valence-corrected chi connectivity index (χ4v) is 6.41. The van der Waals surface area contributed by atoms with Gasteiger partial charge in [-0.15, -0.1) is 0 Å². The fourth-order valence-electron chi connectivity index (χ4n) is 6.41. The molecule has 7 heterocycles. The quantitative estimate of drug-likeness (QED) is 0.141. The summed E-state index contributed by atoms with van der Waals surface area (Å²) in [5, 5.41) is 6.38. The first kappa shape index (κ1) is 37.7. The van der Waals surface area contributed by atoms with E-state index in [-0.39, 0.29) is 49.7 Å². The number of hydrogen-bond donors (Lipinski definition) is 1. The van der Waals surface area contributed by atoms with Crippen molar-refractivity contribution < 1.29 is 44.3 Å². The van der Waals surface area contributed by atoms with Crippen LogP contribution in [0.1, 0.15) is 0 Å². The molecule has 11 aromatic rings. The molecule has 0 saturated carbocycles. The molecule has 0 fully saturated rings. The van der Waals surface area contributed by atoms with Gasteiger partial charge in [0.1, 0.15) is 5.52 Å². The second kappa shape index (κ2) is 16.3. The van der Waals surface area contributed by atoms with Crippen LogP contribution in [0.3, 0.4) is 0 Å². The van der Waals surface area contributed by atoms with Crippen LogP contribution in [0.25, 0.3) is 87.5 Å². The van der Waals surface area contributed by atoms with Gasteiger partial charge in [-0.05, 0) is 60.7 Å². The summed E-state index contributed by atoms with van der Waals surface area (Å²) in [5.74, 6) is 0. The SMILES string of the molecule is O=c1cccc2nc3c4ccc[nH]c4c4ncccc4c3nc12.[Cl-].[Cl-].[Ru+2].c1cnc2c(c1)ccc1cccnc12.c1cnc2c(c1)ccc1cccnc12. The van der Waals surface area contributed by atoms with Gasteiger partial charge in [0, 0.05) is 69.5 Å². The fraction of sp³-hybridized carbons (Fsp3) is 0. The number of nitrogens with one attached hydrogen (secondary N) is 1. The van der Waals surface area contributed by atoms with Crippen LogP contribution in [-0.4, -0.2) is 39.9 Å². The molecule has 12 heteroatoms. The summed E-state index contributed by atoms with van der Waals surface area (Å²) in [6.07, 6.45) is 10.8. The maximum Gasteiger partial charge on any atom is 2.00 e. The molecule has 0 aliphatic rings. The van der Waals surface area contributed by atoms with E-state index in [1.54, 1.807) is 37.1 Å². The number of para-hydroxylation sites is 1. The van der Waals surface area contributed by atoms with Crippen molar-refractivity contribution in [2.45, 2.75) is 0 Å². The normalized spacial score (nSPS) is 10.6. The molecule has 54 heavy (non-hydrogen) atoms. The smallest absolute Gasteiger partial charge is 1.00 e. The second-order valence-corrected chi connectivity index (χ2v) is 11.8. The third-order valence-electron chi connectivity index (χ3n) is 8.76. The van der Waals surface area contributed by atoms with Crippen molar-refractivity contribution in [1.82, 2.24) is 39.9 Å². The third-order valence-corrected chi connectivity index (χ3v) is 8.76. The summed E-state index contributed by atoms with van der Waals surface area (Å²) in [6, 6.07) is 37.1. The predicted molar refractivity (Wildman–Crippen MR) is 205 cm³/mol. The van der Waals surface area contributed by atoms with Gasteiger partial charge in [-0.1, -0.05) is 54.6 Å². The maximum absolute atomic E-state index is 12.1. The Kier molecular flexibility index (Phi) is 11.4. The van der Waals surface area contributed by atoms with Crippen molar-refractivity contribution in [2.24, 2.45) is 0 Å². The monoisotopic (exact) mass is 830 g/mol. The summed E-state index contributed by atoms with van der Waals surface area (Å²) >= 11 is 0. The average Bonchev–Trinajstić information content (AvgIpc) is 3.21. The van der Waals surface area contributed by atoms with Gasteiger partial charge in [-0.25, -0.2) is 9.97 Å². The Morgan fingerprint density at radius 1 is 0.389 bits per heavy atom. The molecule has 7 aromatic heterocycles. The van der Waals surface area contributed by atoms with Crippen molar-refractivity contribution in [1.29, 1.82) is 0 Å². The molecule has 0 saturated heterocycles. The van der Waals surface area contributed by atoms with Crippen LogP contribution >= 0.6 is 0 Å². The molecular weight excluding hydrogens is 804 g/mol. The first-order valence-electron chi connectivity index (χ1n) is 16.3. The van der Waals surface area contributed by atoms with E-state index in [4.69, 9.17) is 4.98 Å². The van der Waals surface area contributed by atoms with Crippen molar-refractivity contribution in [3.63, 3.8) is 0 Å². The number of aromatic nitrogens is 8. The molecule has 9 nitrogen and oxygen atoms in total. The van der Waals surface area contributed by atoms with Crippen LogP contribution in [-0.2, 0) is 19.5 Å². The van der Waals surface area contributed by atoms with E-state index in [0.29, 0.717) is 16.6 Å². The summed E-state index contributed by atoms with van der Waals surface area (Å²) in [4.78, 5) is 46.6. The zero-order valence-electron chi connectivity index (χ0n) is 28.1. The van der Waals surface area contributed by atoms with Gasteiger partial charge in [0.2, 0.25) is 5.43 Å². The average molecular weight is 831 g/mol. The molecule has 4 aromatic carbocycles. The van der Waals surface area contributed by atoms with Crippen molar-refractivity contribution in [3.8, 4) is 0 Å². The Hall–Kier alpha value is -6.06. The number of H-pyrrole nitrogens is 1. The summed E-state index contributed by atoms with van der Waals surface area (Å²) in [6.45, 7) is 0. The minimum absolute atomic E-state index is 0. The number of pyridine rings is 6. The molecule has 0 amide bonds. The Balaban J connectivity index is 0.000000141. The largest absolute Gasteiger partial charge is 2.00 e. The van der Waals surface area contributed by atoms with Gasteiger partial charge in [-0.3, -0.25) is 29.7 Å². The van der Waals surface area contributed by atoms with E-state index >= 15 is 0 Å². The van der Waals surface area contributed by atoms with Crippen LogP contribution in [0.15, 0.2) is 157 Å². The third kappa shape index (κ3) is 6.90. The standard InChI is InChI=1S/C18H10N4O.2C12H8N2.2ClH.Ru/c23-13-7-1-6-12-18(13)22-17-11-5-3-9-20-15(11)14-10(16(17)21-12)4-2-8-19-14;2*1-3-9-5-6-10-4-2-8-14-12(10)11(9)13-7-1;;;/h1-9,19H;2*1-8H;2*1H;/q;;;;;+2/p-2. The molecule has 0 atom stereocenters. The summed E-state index contributed by atoms with van der Waals surface area (Å²) in [7, 11) is 0. The molecule has 0 radical (unpaired) electrons. The molecule has 262 valence electrons. The Morgan fingerprint density at radius 3 is 1.35 bits per heavy atom. The van der Waals surface area contributed by atoms with E-state index in [0.717, 1.165) is 70.9 Å². The number of nitrogens with zero attached hydrogens (tertiary/aromatic N) is 7. The van der Waals surface area contributed by atoms with Gasteiger partial charge in [0.15, 0.2) is 0 Å². The van der Waals surface area contributed by atoms with Crippen molar-refractivity contribution in [2.75, 3.05) is 0 Å². The number of rotatable bonds is 0. The minimum atomic E-state index is -0.117. The zero-order valence-corrected chi connectivity index (χ0v) is 31.3. The molecule has 0 spiro atoms. The minimum Gasteiger partial charge on any atom is -1.00 e. The van der Waals surface area contributed by atoms with Crippen LogP contribution in [0, 0.1) is 0 Å². The number of halogens is 2. The molecule has 11 rings (SSSR count). The van der Waals surface area contributed by atoms with E-state index in [1.807, 2.05) is 60.8 Å². The van der Waals surface area contributed by atoms with E-state index in [2.05, 4.69) is 83.4 Å². The second-order valence-electron chi connectivity index (χ2n) is 11.8. The summed E-state index contributed by atoms with van der Waals surface area (Å²) < 4.78 is 0. The Bertz CT molecular complexity index is 2940. The zero-order chi connectivity index (χ0) is 34.1. The summed E-state index contributed by atoms with van der Waals surface area (Å²) in [5.41, 5.74) is 8.02. The number of benzene rings is 4.